The van der Waals surface area contributed by atoms with Gasteiger partial charge < -0.3 is 14.7 Å². The van der Waals surface area contributed by atoms with Crippen LogP contribution in [-0.2, 0) is 0 Å². The molecule has 0 aliphatic carbocycles. The number of nitrogens with zero attached hydrogens (tertiary/aromatic N) is 1. The van der Waals surface area contributed by atoms with Crippen molar-refractivity contribution in [3.63, 3.8) is 0 Å². The molecule has 0 saturated carbocycles. The highest BCUT2D eigenvalue weighted by Gasteiger charge is 2.17. The van der Waals surface area contributed by atoms with E-state index in [1.165, 1.54) is 12.8 Å². The lowest BCUT2D eigenvalue weighted by molar-refractivity contribution is 0.0697. The molecule has 1 saturated heterocycles. The molecule has 1 fully saturated rings. The highest BCUT2D eigenvalue weighted by molar-refractivity contribution is 5.87. The lowest BCUT2D eigenvalue weighted by Crippen LogP contribution is -2.32. The number of hydrogen-bond donors (Lipinski definition) is 1. The van der Waals surface area contributed by atoms with Crippen LogP contribution in [0.3, 0.4) is 0 Å². The summed E-state index contributed by atoms with van der Waals surface area (Å²) in [5, 5.41) is 8.79. The molecule has 1 aromatic rings. The van der Waals surface area contributed by atoms with Crippen LogP contribution in [0.5, 0.6) is 5.75 Å². The van der Waals surface area contributed by atoms with Crippen molar-refractivity contribution in [2.75, 3.05) is 26.7 Å². The summed E-state index contributed by atoms with van der Waals surface area (Å²) in [7, 11) is 2.14. The van der Waals surface area contributed by atoms with Gasteiger partial charge in [-0.05, 0) is 63.2 Å². The second kappa shape index (κ2) is 5.87. The minimum atomic E-state index is -0.906. The van der Waals surface area contributed by atoms with Gasteiger partial charge in [-0.2, -0.15) is 0 Å². The van der Waals surface area contributed by atoms with E-state index >= 15 is 0 Å². The standard InChI is InChI=1S/C14H19NO3/c1-15-8-6-11(7-9-15)10-18-13-4-2-12(3-5-13)14(16)17/h2-5,11H,6-10H2,1H3,(H,16,17). The van der Waals surface area contributed by atoms with Crippen LogP contribution in [0.4, 0.5) is 0 Å². The van der Waals surface area contributed by atoms with Gasteiger partial charge in [0.25, 0.3) is 0 Å². The first kappa shape index (κ1) is 12.9. The van der Waals surface area contributed by atoms with E-state index in [2.05, 4.69) is 11.9 Å². The normalized spacial score (nSPS) is 17.6. The predicted octanol–water partition coefficient (Wildman–Crippen LogP) is 2.11. The second-order valence-electron chi connectivity index (χ2n) is 4.89. The molecule has 0 bridgehead atoms. The molecule has 4 heteroatoms. The zero-order valence-corrected chi connectivity index (χ0v) is 10.6. The van der Waals surface area contributed by atoms with E-state index in [-0.39, 0.29) is 0 Å². The first-order chi connectivity index (χ1) is 8.65. The number of rotatable bonds is 4. The third kappa shape index (κ3) is 3.47. The zero-order valence-electron chi connectivity index (χ0n) is 10.6. The Morgan fingerprint density at radius 3 is 2.50 bits per heavy atom. The minimum absolute atomic E-state index is 0.293. The molecule has 1 aromatic carbocycles. The number of carbonyl (C=O) groups is 1. The van der Waals surface area contributed by atoms with Crippen LogP contribution < -0.4 is 4.74 Å². The Labute approximate surface area is 107 Å². The quantitative estimate of drug-likeness (QED) is 0.888. The minimum Gasteiger partial charge on any atom is -0.493 e. The van der Waals surface area contributed by atoms with Gasteiger partial charge in [0.2, 0.25) is 0 Å². The van der Waals surface area contributed by atoms with Gasteiger partial charge in [-0.15, -0.1) is 0 Å². The summed E-state index contributed by atoms with van der Waals surface area (Å²) < 4.78 is 5.70. The molecule has 0 unspecified atom stereocenters. The lowest BCUT2D eigenvalue weighted by Gasteiger charge is -2.28. The molecule has 98 valence electrons. The van der Waals surface area contributed by atoms with Crippen molar-refractivity contribution in [3.8, 4) is 5.75 Å². The first-order valence-electron chi connectivity index (χ1n) is 6.30. The van der Waals surface area contributed by atoms with Gasteiger partial charge in [0.1, 0.15) is 5.75 Å². The van der Waals surface area contributed by atoms with Gasteiger partial charge in [0, 0.05) is 0 Å². The zero-order chi connectivity index (χ0) is 13.0. The Kier molecular flexibility index (Phi) is 4.20. The summed E-state index contributed by atoms with van der Waals surface area (Å²) in [4.78, 5) is 13.0. The Balaban J connectivity index is 1.81. The van der Waals surface area contributed by atoms with Crippen molar-refractivity contribution in [3.05, 3.63) is 29.8 Å². The predicted molar refractivity (Wildman–Crippen MR) is 69.1 cm³/mol. The third-order valence-corrected chi connectivity index (χ3v) is 3.43. The van der Waals surface area contributed by atoms with Crippen molar-refractivity contribution in [2.24, 2.45) is 5.92 Å². The Morgan fingerprint density at radius 1 is 1.33 bits per heavy atom. The number of carboxylic acid groups (broad SMARTS) is 1. The monoisotopic (exact) mass is 249 g/mol. The van der Waals surface area contributed by atoms with Gasteiger partial charge in [0.15, 0.2) is 0 Å². The van der Waals surface area contributed by atoms with E-state index in [4.69, 9.17) is 9.84 Å². The molecule has 2 rings (SSSR count). The second-order valence-corrected chi connectivity index (χ2v) is 4.89. The van der Waals surface area contributed by atoms with E-state index in [1.807, 2.05) is 0 Å². The van der Waals surface area contributed by atoms with E-state index in [9.17, 15) is 4.79 Å². The molecule has 1 aliphatic heterocycles. The summed E-state index contributed by atoms with van der Waals surface area (Å²) in [5.74, 6) is 0.455. The largest absolute Gasteiger partial charge is 0.493 e. The van der Waals surface area contributed by atoms with Crippen molar-refractivity contribution in [1.82, 2.24) is 4.90 Å². The van der Waals surface area contributed by atoms with Crippen LogP contribution in [-0.4, -0.2) is 42.7 Å². The maximum Gasteiger partial charge on any atom is 0.335 e. The molecule has 0 radical (unpaired) electrons. The fourth-order valence-electron chi connectivity index (χ4n) is 2.14. The Bertz CT molecular complexity index is 394. The third-order valence-electron chi connectivity index (χ3n) is 3.43. The van der Waals surface area contributed by atoms with Crippen LogP contribution in [0.1, 0.15) is 23.2 Å². The van der Waals surface area contributed by atoms with Gasteiger partial charge in [-0.25, -0.2) is 4.79 Å². The molecule has 4 nitrogen and oxygen atoms in total. The van der Waals surface area contributed by atoms with E-state index in [0.717, 1.165) is 25.4 Å². The molecule has 0 amide bonds. The molecule has 1 N–H and O–H groups in total. The molecule has 18 heavy (non-hydrogen) atoms. The number of ether oxygens (including phenoxy) is 1. The maximum atomic E-state index is 10.7. The summed E-state index contributed by atoms with van der Waals surface area (Å²) in [6.45, 7) is 2.98. The Hall–Kier alpha value is -1.55. The molecule has 0 atom stereocenters. The average molecular weight is 249 g/mol. The van der Waals surface area contributed by atoms with Crippen molar-refractivity contribution in [1.29, 1.82) is 0 Å². The number of hydrogen-bond acceptors (Lipinski definition) is 3. The lowest BCUT2D eigenvalue weighted by atomic mass is 9.98. The first-order valence-corrected chi connectivity index (χ1v) is 6.30. The number of likely N-dealkylation sites (tertiary alicyclic amines) is 1. The molecule has 0 spiro atoms. The number of carboxylic acids is 1. The Morgan fingerprint density at radius 2 is 1.94 bits per heavy atom. The SMILES string of the molecule is CN1CCC(COc2ccc(C(=O)O)cc2)CC1. The van der Waals surface area contributed by atoms with Crippen LogP contribution in [0.15, 0.2) is 24.3 Å². The summed E-state index contributed by atoms with van der Waals surface area (Å²) in [5.41, 5.74) is 0.293. The van der Waals surface area contributed by atoms with E-state index in [0.29, 0.717) is 11.5 Å². The van der Waals surface area contributed by atoms with Crippen molar-refractivity contribution in [2.45, 2.75) is 12.8 Å². The fraction of sp³-hybridized carbons (Fsp3) is 0.500. The number of aromatic carboxylic acids is 1. The van der Waals surface area contributed by atoms with Gasteiger partial charge in [0.05, 0.1) is 12.2 Å². The van der Waals surface area contributed by atoms with Crippen LogP contribution in [0.2, 0.25) is 0 Å². The summed E-state index contributed by atoms with van der Waals surface area (Å²) in [6, 6.07) is 6.59. The summed E-state index contributed by atoms with van der Waals surface area (Å²) in [6.07, 6.45) is 2.34. The maximum absolute atomic E-state index is 10.7. The molecular formula is C14H19NO3. The highest BCUT2D eigenvalue weighted by atomic mass is 16.5. The van der Waals surface area contributed by atoms with Crippen LogP contribution >= 0.6 is 0 Å². The smallest absolute Gasteiger partial charge is 0.335 e. The number of piperidine rings is 1. The summed E-state index contributed by atoms with van der Waals surface area (Å²) >= 11 is 0. The molecular weight excluding hydrogens is 230 g/mol. The molecule has 1 heterocycles. The van der Waals surface area contributed by atoms with Gasteiger partial charge in [-0.3, -0.25) is 0 Å². The number of benzene rings is 1. The average Bonchev–Trinajstić information content (AvgIpc) is 2.38. The van der Waals surface area contributed by atoms with Gasteiger partial charge in [-0.1, -0.05) is 0 Å². The van der Waals surface area contributed by atoms with Gasteiger partial charge >= 0.3 is 5.97 Å². The fourth-order valence-corrected chi connectivity index (χ4v) is 2.14. The molecule has 0 aromatic heterocycles. The van der Waals surface area contributed by atoms with Crippen molar-refractivity contribution < 1.29 is 14.6 Å². The van der Waals surface area contributed by atoms with E-state index in [1.54, 1.807) is 24.3 Å². The highest BCUT2D eigenvalue weighted by Crippen LogP contribution is 2.19. The topological polar surface area (TPSA) is 49.8 Å². The van der Waals surface area contributed by atoms with E-state index < -0.39 is 5.97 Å². The van der Waals surface area contributed by atoms with Crippen LogP contribution in [0.25, 0.3) is 0 Å². The van der Waals surface area contributed by atoms with Crippen molar-refractivity contribution >= 4 is 5.97 Å². The molecule has 1 aliphatic rings. The van der Waals surface area contributed by atoms with Crippen LogP contribution in [0, 0.1) is 5.92 Å².